The summed E-state index contributed by atoms with van der Waals surface area (Å²) in [5.74, 6) is 1.13. The largest absolute Gasteiger partial charge is 0.508 e. The minimum absolute atomic E-state index is 0.166. The number of ether oxygens (including phenoxy) is 1. The fraction of sp³-hybridized carbons (Fsp3) is 0.409. The van der Waals surface area contributed by atoms with Gasteiger partial charge in [-0.2, -0.15) is 0 Å². The average molecular weight is 383 g/mol. The summed E-state index contributed by atoms with van der Waals surface area (Å²) < 4.78 is 6.52. The van der Waals surface area contributed by atoms with E-state index in [4.69, 9.17) is 17.0 Å². The summed E-state index contributed by atoms with van der Waals surface area (Å²) in [6, 6.07) is 12.0. The molecule has 1 fully saturated rings. The molecule has 2 aromatic rings. The summed E-state index contributed by atoms with van der Waals surface area (Å²) in [6.07, 6.45) is 1.54. The van der Waals surface area contributed by atoms with Crippen molar-refractivity contribution < 1.29 is 9.84 Å². The molecular weight excluding hydrogens is 356 g/mol. The molecule has 142 valence electrons. The van der Waals surface area contributed by atoms with Gasteiger partial charge in [0, 0.05) is 35.9 Å². The molecule has 0 bridgehead atoms. The Hall–Kier alpha value is -2.27. The quantitative estimate of drug-likeness (QED) is 0.643. The van der Waals surface area contributed by atoms with Crippen LogP contribution in [0.5, 0.6) is 11.5 Å². The topological polar surface area (TPSA) is 53.5 Å². The molecule has 2 aromatic carbocycles. The van der Waals surface area contributed by atoms with Gasteiger partial charge >= 0.3 is 0 Å². The number of hydrogen-bond donors (Lipinski definition) is 3. The van der Waals surface area contributed by atoms with Gasteiger partial charge in [-0.1, -0.05) is 24.3 Å². The van der Waals surface area contributed by atoms with Gasteiger partial charge < -0.3 is 20.5 Å². The lowest BCUT2D eigenvalue weighted by Crippen LogP contribution is -2.69. The molecule has 2 heterocycles. The van der Waals surface area contributed by atoms with Crippen LogP contribution >= 0.6 is 12.2 Å². The fourth-order valence-electron chi connectivity index (χ4n) is 4.74. The van der Waals surface area contributed by atoms with E-state index in [0.29, 0.717) is 5.11 Å². The molecule has 4 rings (SSSR count). The van der Waals surface area contributed by atoms with Gasteiger partial charge in [0.05, 0.1) is 0 Å². The summed E-state index contributed by atoms with van der Waals surface area (Å²) in [7, 11) is 0. The van der Waals surface area contributed by atoms with Gasteiger partial charge in [0.15, 0.2) is 10.8 Å². The molecule has 2 atom stereocenters. The molecule has 0 aliphatic carbocycles. The molecule has 3 N–H and O–H groups in total. The number of phenols is 1. The van der Waals surface area contributed by atoms with Crippen molar-refractivity contribution in [1.29, 1.82) is 0 Å². The van der Waals surface area contributed by atoms with E-state index in [1.807, 2.05) is 13.0 Å². The minimum Gasteiger partial charge on any atom is -0.508 e. The highest BCUT2D eigenvalue weighted by Gasteiger charge is 2.49. The van der Waals surface area contributed by atoms with Crippen LogP contribution < -0.4 is 15.4 Å². The van der Waals surface area contributed by atoms with E-state index in [0.717, 1.165) is 29.7 Å². The van der Waals surface area contributed by atoms with E-state index in [1.165, 1.54) is 11.1 Å². The van der Waals surface area contributed by atoms with Crippen LogP contribution in [0.4, 0.5) is 0 Å². The summed E-state index contributed by atoms with van der Waals surface area (Å²) in [4.78, 5) is 0. The Bertz CT molecular complexity index is 925. The van der Waals surface area contributed by atoms with Gasteiger partial charge in [-0.25, -0.2) is 0 Å². The smallest absolute Gasteiger partial charge is 0.185 e. The molecule has 2 aliphatic rings. The van der Waals surface area contributed by atoms with E-state index < -0.39 is 5.72 Å². The van der Waals surface area contributed by atoms with E-state index in [2.05, 4.69) is 55.7 Å². The van der Waals surface area contributed by atoms with Crippen LogP contribution in [0.15, 0.2) is 36.4 Å². The molecule has 0 saturated carbocycles. The van der Waals surface area contributed by atoms with Crippen LogP contribution in [0.3, 0.4) is 0 Å². The zero-order valence-corrected chi connectivity index (χ0v) is 17.0. The van der Waals surface area contributed by atoms with Crippen LogP contribution in [0, 0.1) is 13.8 Å². The first-order valence-corrected chi connectivity index (χ1v) is 9.77. The minimum atomic E-state index is -0.605. The molecule has 0 aromatic heterocycles. The summed E-state index contributed by atoms with van der Waals surface area (Å²) in [5, 5.41) is 17.5. The maximum Gasteiger partial charge on any atom is 0.185 e. The lowest BCUT2D eigenvalue weighted by molar-refractivity contribution is -0.0130. The number of hydrogen-bond acceptors (Lipinski definition) is 3. The number of fused-ring (bicyclic) bond motifs is 1. The second-order valence-electron chi connectivity index (χ2n) is 8.52. The van der Waals surface area contributed by atoms with Gasteiger partial charge in [0.2, 0.25) is 0 Å². The number of phenolic OH excluding ortho intramolecular Hbond substituents is 1. The third-order valence-electron chi connectivity index (χ3n) is 5.61. The molecule has 5 heteroatoms. The first kappa shape index (κ1) is 18.1. The summed E-state index contributed by atoms with van der Waals surface area (Å²) in [6.45, 7) is 8.46. The van der Waals surface area contributed by atoms with Crippen LogP contribution in [0.1, 0.15) is 54.9 Å². The number of rotatable bonds is 1. The molecule has 0 unspecified atom stereocenters. The maximum absolute atomic E-state index is 10.2. The van der Waals surface area contributed by atoms with Crippen molar-refractivity contribution in [3.63, 3.8) is 0 Å². The van der Waals surface area contributed by atoms with E-state index in [-0.39, 0.29) is 17.2 Å². The van der Waals surface area contributed by atoms with Crippen molar-refractivity contribution in [2.24, 2.45) is 0 Å². The normalized spacial score (nSPS) is 25.9. The third-order valence-corrected chi connectivity index (χ3v) is 5.81. The first-order chi connectivity index (χ1) is 12.7. The van der Waals surface area contributed by atoms with Crippen molar-refractivity contribution in [3.8, 4) is 11.5 Å². The van der Waals surface area contributed by atoms with Crippen LogP contribution in [-0.4, -0.2) is 21.5 Å². The monoisotopic (exact) mass is 382 g/mol. The van der Waals surface area contributed by atoms with Gasteiger partial charge in [-0.3, -0.25) is 0 Å². The fourth-order valence-corrected chi connectivity index (χ4v) is 5.20. The molecule has 1 spiro atoms. The number of thiocarbonyl (C=S) groups is 1. The Balaban J connectivity index is 1.89. The zero-order chi connectivity index (χ0) is 19.4. The van der Waals surface area contributed by atoms with Crippen molar-refractivity contribution in [3.05, 3.63) is 58.7 Å². The second-order valence-corrected chi connectivity index (χ2v) is 8.93. The van der Waals surface area contributed by atoms with E-state index >= 15 is 0 Å². The molecule has 2 aliphatic heterocycles. The summed E-state index contributed by atoms with van der Waals surface area (Å²) >= 11 is 5.49. The van der Waals surface area contributed by atoms with Gasteiger partial charge in [0.25, 0.3) is 0 Å². The van der Waals surface area contributed by atoms with Gasteiger partial charge in [-0.15, -0.1) is 0 Å². The van der Waals surface area contributed by atoms with Crippen LogP contribution in [-0.2, 0) is 0 Å². The van der Waals surface area contributed by atoms with Crippen molar-refractivity contribution >= 4 is 17.3 Å². The van der Waals surface area contributed by atoms with E-state index in [9.17, 15) is 5.11 Å². The number of aromatic hydroxyl groups is 1. The predicted octanol–water partition coefficient (Wildman–Crippen LogP) is 4.27. The molecular formula is C22H26N2O2S. The Morgan fingerprint density at radius 3 is 2.56 bits per heavy atom. The maximum atomic E-state index is 10.2. The highest BCUT2D eigenvalue weighted by Crippen LogP contribution is 2.49. The highest BCUT2D eigenvalue weighted by atomic mass is 32.1. The Kier molecular flexibility index (Phi) is 4.11. The predicted molar refractivity (Wildman–Crippen MR) is 111 cm³/mol. The lowest BCUT2D eigenvalue weighted by atomic mass is 9.75. The standard InChI is InChI=1S/C22H26N2O2S/c1-13-7-5-6-8-16(13)17-11-22(12-21(3,4)23-20(27)24-22)26-18-10-15(25)9-14(2)19(17)18/h5-10,17,25H,11-12H2,1-4H3,(H2,23,24,27)/t17-,22-/m0/s1. The second kappa shape index (κ2) is 6.13. The number of benzene rings is 2. The molecule has 0 amide bonds. The first-order valence-electron chi connectivity index (χ1n) is 9.36. The molecule has 4 nitrogen and oxygen atoms in total. The van der Waals surface area contributed by atoms with Crippen LogP contribution in [0.25, 0.3) is 0 Å². The SMILES string of the molecule is Cc1ccccc1[C@@H]1C[C@@]2(CC(C)(C)NC(=S)N2)Oc2cc(O)cc(C)c21. The summed E-state index contributed by atoms with van der Waals surface area (Å²) in [5.41, 5.74) is 3.96. The van der Waals surface area contributed by atoms with Crippen molar-refractivity contribution in [2.45, 2.75) is 57.7 Å². The van der Waals surface area contributed by atoms with Crippen LogP contribution in [0.2, 0.25) is 0 Å². The van der Waals surface area contributed by atoms with E-state index in [1.54, 1.807) is 6.07 Å². The lowest BCUT2D eigenvalue weighted by Gasteiger charge is -2.51. The number of nitrogens with one attached hydrogen (secondary N) is 2. The zero-order valence-electron chi connectivity index (χ0n) is 16.2. The Morgan fingerprint density at radius 1 is 1.11 bits per heavy atom. The van der Waals surface area contributed by atoms with Crippen molar-refractivity contribution in [2.75, 3.05) is 0 Å². The Morgan fingerprint density at radius 2 is 1.85 bits per heavy atom. The number of aryl methyl sites for hydroxylation is 2. The third kappa shape index (κ3) is 3.25. The molecule has 0 radical (unpaired) electrons. The molecule has 1 saturated heterocycles. The average Bonchev–Trinajstić information content (AvgIpc) is 2.51. The Labute approximate surface area is 165 Å². The molecule has 27 heavy (non-hydrogen) atoms. The van der Waals surface area contributed by atoms with Gasteiger partial charge in [0.1, 0.15) is 11.5 Å². The van der Waals surface area contributed by atoms with Crippen molar-refractivity contribution in [1.82, 2.24) is 10.6 Å². The van der Waals surface area contributed by atoms with Gasteiger partial charge in [-0.05, 0) is 62.7 Å². The highest BCUT2D eigenvalue weighted by molar-refractivity contribution is 7.80.